The van der Waals surface area contributed by atoms with Crippen LogP contribution in [0.4, 0.5) is 18.9 Å². The highest BCUT2D eigenvalue weighted by Crippen LogP contribution is 2.18. The van der Waals surface area contributed by atoms with E-state index in [4.69, 9.17) is 0 Å². The zero-order chi connectivity index (χ0) is 12.9. The van der Waals surface area contributed by atoms with E-state index in [0.29, 0.717) is 12.1 Å². The molecule has 0 radical (unpaired) electrons. The minimum atomic E-state index is -4.89. The Morgan fingerprint density at radius 1 is 1.41 bits per heavy atom. The number of hydroxylamine groups is 1. The summed E-state index contributed by atoms with van der Waals surface area (Å²) in [4.78, 5) is 15.3. The van der Waals surface area contributed by atoms with E-state index in [2.05, 4.69) is 10.3 Å². The highest BCUT2D eigenvalue weighted by molar-refractivity contribution is 5.94. The fraction of sp³-hybridized carbons (Fsp3) is 0.300. The maximum Gasteiger partial charge on any atom is 0.471 e. The van der Waals surface area contributed by atoms with Crippen molar-refractivity contribution in [3.8, 4) is 0 Å². The van der Waals surface area contributed by atoms with Gasteiger partial charge in [0.15, 0.2) is 0 Å². The smallest absolute Gasteiger partial charge is 0.318 e. The molecule has 0 atom stereocenters. The van der Waals surface area contributed by atoms with E-state index in [9.17, 15) is 18.0 Å². The van der Waals surface area contributed by atoms with Gasteiger partial charge in [-0.25, -0.2) is 0 Å². The van der Waals surface area contributed by atoms with E-state index >= 15 is 0 Å². The summed E-state index contributed by atoms with van der Waals surface area (Å²) in [6, 6.07) is 6.03. The summed E-state index contributed by atoms with van der Waals surface area (Å²) in [6.07, 6.45) is -4.89. The van der Waals surface area contributed by atoms with Gasteiger partial charge in [0.25, 0.3) is 0 Å². The summed E-state index contributed by atoms with van der Waals surface area (Å²) in [5.74, 6) is -1.99. The second-order valence-electron chi connectivity index (χ2n) is 3.18. The first-order valence-electron chi connectivity index (χ1n) is 4.66. The molecule has 0 aliphatic rings. The lowest BCUT2D eigenvalue weighted by molar-refractivity contribution is -0.167. The van der Waals surface area contributed by atoms with Crippen molar-refractivity contribution in [2.24, 2.45) is 0 Å². The number of rotatable bonds is 4. The molecule has 17 heavy (non-hydrogen) atoms. The molecule has 0 aliphatic carbocycles. The largest absolute Gasteiger partial charge is 0.471 e. The van der Waals surface area contributed by atoms with Crippen molar-refractivity contribution in [2.45, 2.75) is 12.7 Å². The number of hydrogen-bond acceptors (Lipinski definition) is 3. The molecule has 7 heteroatoms. The van der Waals surface area contributed by atoms with Crippen LogP contribution in [0.5, 0.6) is 0 Å². The Balaban J connectivity index is 2.69. The van der Waals surface area contributed by atoms with E-state index in [1.54, 1.807) is 17.4 Å². The Kier molecular flexibility index (Phi) is 4.47. The van der Waals surface area contributed by atoms with Crippen LogP contribution in [-0.2, 0) is 16.2 Å². The van der Waals surface area contributed by atoms with Crippen LogP contribution >= 0.6 is 0 Å². The Morgan fingerprint density at radius 2 is 2.12 bits per heavy atom. The molecule has 0 saturated heterocycles. The van der Waals surface area contributed by atoms with Gasteiger partial charge in [0.2, 0.25) is 0 Å². The quantitative estimate of drug-likeness (QED) is 0.799. The van der Waals surface area contributed by atoms with Gasteiger partial charge < -0.3 is 10.2 Å². The predicted octanol–water partition coefficient (Wildman–Crippen LogP) is 1.84. The number of anilines is 1. The van der Waals surface area contributed by atoms with Gasteiger partial charge >= 0.3 is 12.1 Å². The third-order valence-electron chi connectivity index (χ3n) is 1.86. The minimum Gasteiger partial charge on any atom is -0.318 e. The summed E-state index contributed by atoms with van der Waals surface area (Å²) >= 11 is 0. The maximum atomic E-state index is 12.0. The van der Waals surface area contributed by atoms with Crippen LogP contribution in [0.15, 0.2) is 24.3 Å². The molecule has 1 aromatic rings. The molecular weight excluding hydrogens is 237 g/mol. The molecular formula is C10H11F3N2O2. The number of nitrogens with one attached hydrogen (secondary N) is 2. The van der Waals surface area contributed by atoms with E-state index in [0.717, 1.165) is 0 Å². The van der Waals surface area contributed by atoms with Crippen molar-refractivity contribution in [3.05, 3.63) is 29.8 Å². The molecule has 0 bridgehead atoms. The first-order chi connectivity index (χ1) is 7.93. The Bertz CT molecular complexity index is 393. The van der Waals surface area contributed by atoms with Crippen LogP contribution in [0.3, 0.4) is 0 Å². The van der Waals surface area contributed by atoms with Gasteiger partial charge in [0.1, 0.15) is 0 Å². The number of hydrogen-bond donors (Lipinski definition) is 2. The molecule has 0 saturated carbocycles. The van der Waals surface area contributed by atoms with Crippen LogP contribution in [-0.4, -0.2) is 19.2 Å². The zero-order valence-corrected chi connectivity index (χ0v) is 8.97. The molecule has 1 rings (SSSR count). The van der Waals surface area contributed by atoms with Crippen molar-refractivity contribution < 1.29 is 22.8 Å². The summed E-state index contributed by atoms with van der Waals surface area (Å²) < 4.78 is 36.0. The molecule has 1 amide bonds. The highest BCUT2D eigenvalue weighted by Gasteiger charge is 2.38. The standard InChI is InChI=1S/C10H11F3N2O2/c1-17-14-6-7-3-2-4-8(5-7)15-9(16)10(11,12)13/h2-5,14H,6H2,1H3,(H,15,16). The predicted molar refractivity (Wildman–Crippen MR) is 55.0 cm³/mol. The van der Waals surface area contributed by atoms with Crippen molar-refractivity contribution in [1.29, 1.82) is 0 Å². The first-order valence-corrected chi connectivity index (χ1v) is 4.66. The van der Waals surface area contributed by atoms with Gasteiger partial charge in [-0.3, -0.25) is 4.79 Å². The van der Waals surface area contributed by atoms with Gasteiger partial charge in [-0.05, 0) is 17.7 Å². The first kappa shape index (κ1) is 13.5. The number of amides is 1. The second-order valence-corrected chi connectivity index (χ2v) is 3.18. The molecule has 0 aliphatic heterocycles. The molecule has 2 N–H and O–H groups in total. The summed E-state index contributed by atoms with van der Waals surface area (Å²) in [5, 5.41) is 1.77. The van der Waals surface area contributed by atoms with Gasteiger partial charge in [-0.15, -0.1) is 0 Å². The van der Waals surface area contributed by atoms with Crippen LogP contribution < -0.4 is 10.8 Å². The van der Waals surface area contributed by atoms with Crippen LogP contribution in [0.25, 0.3) is 0 Å². The summed E-state index contributed by atoms with van der Waals surface area (Å²) in [6.45, 7) is 0.326. The third-order valence-corrected chi connectivity index (χ3v) is 1.86. The minimum absolute atomic E-state index is 0.0859. The number of benzene rings is 1. The molecule has 94 valence electrons. The Labute approximate surface area is 95.7 Å². The van der Waals surface area contributed by atoms with Gasteiger partial charge in [-0.1, -0.05) is 12.1 Å². The SMILES string of the molecule is CONCc1cccc(NC(=O)C(F)(F)F)c1. The van der Waals surface area contributed by atoms with Crippen molar-refractivity contribution in [2.75, 3.05) is 12.4 Å². The molecule has 0 heterocycles. The average molecular weight is 248 g/mol. The molecule has 0 spiro atoms. The molecule has 0 unspecified atom stereocenters. The van der Waals surface area contributed by atoms with E-state index in [1.807, 2.05) is 0 Å². The number of halogens is 3. The normalized spacial score (nSPS) is 11.3. The lowest BCUT2D eigenvalue weighted by atomic mass is 10.2. The van der Waals surface area contributed by atoms with Gasteiger partial charge in [0, 0.05) is 12.2 Å². The second kappa shape index (κ2) is 5.65. The molecule has 1 aromatic carbocycles. The Hall–Kier alpha value is -1.60. The number of alkyl halides is 3. The number of carbonyl (C=O) groups is 1. The molecule has 4 nitrogen and oxygen atoms in total. The number of carbonyl (C=O) groups excluding carboxylic acids is 1. The molecule has 0 aromatic heterocycles. The average Bonchev–Trinajstić information content (AvgIpc) is 2.25. The third kappa shape index (κ3) is 4.41. The van der Waals surface area contributed by atoms with E-state index in [-0.39, 0.29) is 5.69 Å². The summed E-state index contributed by atoms with van der Waals surface area (Å²) in [5.41, 5.74) is 3.31. The fourth-order valence-corrected chi connectivity index (χ4v) is 1.12. The van der Waals surface area contributed by atoms with Gasteiger partial charge in [0.05, 0.1) is 7.11 Å². The van der Waals surface area contributed by atoms with Gasteiger partial charge in [-0.2, -0.15) is 18.7 Å². The van der Waals surface area contributed by atoms with E-state index < -0.39 is 12.1 Å². The van der Waals surface area contributed by atoms with Crippen molar-refractivity contribution >= 4 is 11.6 Å². The van der Waals surface area contributed by atoms with Crippen molar-refractivity contribution in [1.82, 2.24) is 5.48 Å². The van der Waals surface area contributed by atoms with Crippen LogP contribution in [0, 0.1) is 0 Å². The fourth-order valence-electron chi connectivity index (χ4n) is 1.12. The topological polar surface area (TPSA) is 50.4 Å². The monoisotopic (exact) mass is 248 g/mol. The summed E-state index contributed by atoms with van der Waals surface area (Å²) in [7, 11) is 1.43. The maximum absolute atomic E-state index is 12.0. The van der Waals surface area contributed by atoms with Crippen LogP contribution in [0.2, 0.25) is 0 Å². The van der Waals surface area contributed by atoms with Crippen LogP contribution in [0.1, 0.15) is 5.56 Å². The van der Waals surface area contributed by atoms with Crippen molar-refractivity contribution in [3.63, 3.8) is 0 Å². The van der Waals surface area contributed by atoms with E-state index in [1.165, 1.54) is 19.2 Å². The lowest BCUT2D eigenvalue weighted by Crippen LogP contribution is -2.29. The lowest BCUT2D eigenvalue weighted by Gasteiger charge is -2.09. The zero-order valence-electron chi connectivity index (χ0n) is 8.97. The highest BCUT2D eigenvalue weighted by atomic mass is 19.4. The molecule has 0 fully saturated rings. The Morgan fingerprint density at radius 3 is 2.71 bits per heavy atom.